The highest BCUT2D eigenvalue weighted by Crippen LogP contribution is 2.31. The molecule has 5 nitrogen and oxygen atoms in total. The molecule has 1 aliphatic rings. The minimum atomic E-state index is -4.51. The van der Waals surface area contributed by atoms with Crippen LogP contribution >= 0.6 is 0 Å². The van der Waals surface area contributed by atoms with E-state index in [1.54, 1.807) is 48.6 Å². The van der Waals surface area contributed by atoms with Gasteiger partial charge in [-0.3, -0.25) is 4.79 Å². The predicted molar refractivity (Wildman–Crippen MR) is 112 cm³/mol. The molecular formula is C23H19F3N2O3. The zero-order valence-corrected chi connectivity index (χ0v) is 16.2. The molecule has 0 fully saturated rings. The molecule has 0 bridgehead atoms. The number of hydrogen-bond acceptors (Lipinski definition) is 3. The monoisotopic (exact) mass is 428 g/mol. The van der Waals surface area contributed by atoms with E-state index in [-0.39, 0.29) is 23.4 Å². The largest absolute Gasteiger partial charge is 0.478 e. The van der Waals surface area contributed by atoms with E-state index in [2.05, 4.69) is 10.6 Å². The molecule has 160 valence electrons. The number of aliphatic carboxylic acids is 1. The lowest BCUT2D eigenvalue weighted by Crippen LogP contribution is -2.16. The van der Waals surface area contributed by atoms with Crippen molar-refractivity contribution >= 4 is 23.3 Å². The van der Waals surface area contributed by atoms with Crippen molar-refractivity contribution in [2.75, 3.05) is 17.2 Å². The minimum absolute atomic E-state index is 0.0280. The maximum absolute atomic E-state index is 12.9. The van der Waals surface area contributed by atoms with Gasteiger partial charge in [0.05, 0.1) is 11.1 Å². The van der Waals surface area contributed by atoms with Crippen molar-refractivity contribution in [2.45, 2.75) is 12.6 Å². The Morgan fingerprint density at radius 3 is 2.58 bits per heavy atom. The van der Waals surface area contributed by atoms with Crippen molar-refractivity contribution in [3.8, 4) is 0 Å². The maximum Gasteiger partial charge on any atom is 0.416 e. The van der Waals surface area contributed by atoms with E-state index in [1.165, 1.54) is 12.1 Å². The van der Waals surface area contributed by atoms with E-state index in [4.69, 9.17) is 0 Å². The molecule has 0 aromatic heterocycles. The van der Waals surface area contributed by atoms with Crippen LogP contribution in [0.3, 0.4) is 0 Å². The van der Waals surface area contributed by atoms with Gasteiger partial charge in [-0.2, -0.15) is 13.2 Å². The highest BCUT2D eigenvalue weighted by Gasteiger charge is 2.30. The van der Waals surface area contributed by atoms with Crippen molar-refractivity contribution in [1.29, 1.82) is 0 Å². The van der Waals surface area contributed by atoms with Crippen molar-refractivity contribution in [2.24, 2.45) is 0 Å². The lowest BCUT2D eigenvalue weighted by atomic mass is 10.1. The SMILES string of the molecule is O=C(O)C1=CC(CNc2ccccc2C(=O)Nc2cccc(C(F)(F)F)c2)=CC=CC1. The number of allylic oxidation sites excluding steroid dienone is 3. The molecule has 0 unspecified atom stereocenters. The molecule has 8 heteroatoms. The van der Waals surface area contributed by atoms with Gasteiger partial charge < -0.3 is 15.7 Å². The third kappa shape index (κ3) is 5.85. The molecule has 0 spiro atoms. The van der Waals surface area contributed by atoms with Gasteiger partial charge in [0.25, 0.3) is 5.91 Å². The number of nitrogens with one attached hydrogen (secondary N) is 2. The van der Waals surface area contributed by atoms with E-state index in [1.807, 2.05) is 0 Å². The van der Waals surface area contributed by atoms with Gasteiger partial charge in [0.15, 0.2) is 0 Å². The molecule has 2 aromatic rings. The number of para-hydroxylation sites is 1. The highest BCUT2D eigenvalue weighted by molar-refractivity contribution is 6.08. The summed E-state index contributed by atoms with van der Waals surface area (Å²) in [6.07, 6.45) is 2.64. The smallest absolute Gasteiger partial charge is 0.416 e. The number of amides is 1. The average molecular weight is 428 g/mol. The van der Waals surface area contributed by atoms with Crippen LogP contribution in [-0.4, -0.2) is 23.5 Å². The molecule has 0 saturated heterocycles. The third-order valence-corrected chi connectivity index (χ3v) is 4.52. The molecule has 0 radical (unpaired) electrons. The summed E-state index contributed by atoms with van der Waals surface area (Å²) in [5, 5.41) is 14.8. The van der Waals surface area contributed by atoms with Gasteiger partial charge in [0.1, 0.15) is 0 Å². The van der Waals surface area contributed by atoms with Gasteiger partial charge in [0.2, 0.25) is 0 Å². The van der Waals surface area contributed by atoms with Gasteiger partial charge in [-0.05, 0) is 48.4 Å². The Morgan fingerprint density at radius 2 is 1.84 bits per heavy atom. The van der Waals surface area contributed by atoms with Crippen LogP contribution in [0.5, 0.6) is 0 Å². The fourth-order valence-electron chi connectivity index (χ4n) is 2.98. The molecule has 0 saturated carbocycles. The number of halogens is 3. The maximum atomic E-state index is 12.9. The molecule has 1 amide bonds. The van der Waals surface area contributed by atoms with Crippen LogP contribution in [-0.2, 0) is 11.0 Å². The number of carbonyl (C=O) groups excluding carboxylic acids is 1. The second-order valence-electron chi connectivity index (χ2n) is 6.78. The fourth-order valence-corrected chi connectivity index (χ4v) is 2.98. The van der Waals surface area contributed by atoms with Gasteiger partial charge in [-0.15, -0.1) is 0 Å². The number of alkyl halides is 3. The number of rotatable bonds is 6. The van der Waals surface area contributed by atoms with Crippen LogP contribution < -0.4 is 10.6 Å². The van der Waals surface area contributed by atoms with Crippen LogP contribution in [0.25, 0.3) is 0 Å². The summed E-state index contributed by atoms with van der Waals surface area (Å²) in [4.78, 5) is 24.0. The molecule has 0 atom stereocenters. The predicted octanol–water partition coefficient (Wildman–Crippen LogP) is 5.27. The average Bonchev–Trinajstić information content (AvgIpc) is 2.98. The van der Waals surface area contributed by atoms with Gasteiger partial charge in [-0.25, -0.2) is 4.79 Å². The molecule has 3 rings (SSSR count). The Balaban J connectivity index is 1.75. The number of hydrogen-bond donors (Lipinski definition) is 3. The highest BCUT2D eigenvalue weighted by atomic mass is 19.4. The minimum Gasteiger partial charge on any atom is -0.478 e. The number of carbonyl (C=O) groups is 2. The van der Waals surface area contributed by atoms with Crippen molar-refractivity contribution < 1.29 is 27.9 Å². The Hall–Kier alpha value is -3.81. The topological polar surface area (TPSA) is 78.4 Å². The summed E-state index contributed by atoms with van der Waals surface area (Å²) in [5.41, 5.74) is 0.835. The van der Waals surface area contributed by atoms with Crippen LogP contribution in [0.1, 0.15) is 22.3 Å². The first-order valence-electron chi connectivity index (χ1n) is 9.35. The Bertz CT molecular complexity index is 1090. The zero-order valence-electron chi connectivity index (χ0n) is 16.2. The lowest BCUT2D eigenvalue weighted by molar-refractivity contribution is -0.137. The number of carboxylic acid groups (broad SMARTS) is 1. The Labute approximate surface area is 176 Å². The first-order chi connectivity index (χ1) is 14.7. The van der Waals surface area contributed by atoms with E-state index >= 15 is 0 Å². The van der Waals surface area contributed by atoms with Crippen LogP contribution in [0.4, 0.5) is 24.5 Å². The summed E-state index contributed by atoms with van der Waals surface area (Å²) in [6.45, 7) is 0.259. The van der Waals surface area contributed by atoms with E-state index in [9.17, 15) is 27.9 Å². The Morgan fingerprint density at radius 1 is 1.06 bits per heavy atom. The quantitative estimate of drug-likeness (QED) is 0.586. The third-order valence-electron chi connectivity index (χ3n) is 4.52. The summed E-state index contributed by atoms with van der Waals surface area (Å²) in [6, 6.07) is 11.0. The van der Waals surface area contributed by atoms with Crippen molar-refractivity contribution in [3.63, 3.8) is 0 Å². The molecule has 2 aromatic carbocycles. The van der Waals surface area contributed by atoms with Gasteiger partial charge in [0, 0.05) is 23.5 Å². The number of benzene rings is 2. The Kier molecular flexibility index (Phi) is 6.59. The molecule has 1 aliphatic carbocycles. The summed E-state index contributed by atoms with van der Waals surface area (Å²) in [5.74, 6) is -1.57. The number of carboxylic acids is 1. The second-order valence-corrected chi connectivity index (χ2v) is 6.78. The van der Waals surface area contributed by atoms with Crippen molar-refractivity contribution in [3.05, 3.63) is 95.1 Å². The van der Waals surface area contributed by atoms with Crippen LogP contribution in [0.2, 0.25) is 0 Å². The van der Waals surface area contributed by atoms with E-state index in [0.29, 0.717) is 17.7 Å². The summed E-state index contributed by atoms with van der Waals surface area (Å²) >= 11 is 0. The van der Waals surface area contributed by atoms with E-state index in [0.717, 1.165) is 12.1 Å². The summed E-state index contributed by atoms with van der Waals surface area (Å²) < 4.78 is 38.7. The summed E-state index contributed by atoms with van der Waals surface area (Å²) in [7, 11) is 0. The molecule has 0 heterocycles. The van der Waals surface area contributed by atoms with Gasteiger partial charge in [-0.1, -0.05) is 36.4 Å². The van der Waals surface area contributed by atoms with Crippen molar-refractivity contribution in [1.82, 2.24) is 0 Å². The fraction of sp³-hybridized carbons (Fsp3) is 0.130. The first kappa shape index (κ1) is 21.9. The normalized spacial score (nSPS) is 13.6. The molecule has 0 aliphatic heterocycles. The second kappa shape index (κ2) is 9.34. The molecular weight excluding hydrogens is 409 g/mol. The van der Waals surface area contributed by atoms with Crippen LogP contribution in [0.15, 0.2) is 84.0 Å². The van der Waals surface area contributed by atoms with Gasteiger partial charge >= 0.3 is 12.1 Å². The standard InChI is InChI=1S/C23H19F3N2O3/c24-23(25,26)17-8-5-9-18(13-17)28-21(29)19-10-3-4-11-20(19)27-14-15-6-1-2-7-16(12-15)22(30)31/h1-6,8-13,27H,7,14H2,(H,28,29)(H,30,31). The number of anilines is 2. The first-order valence-corrected chi connectivity index (χ1v) is 9.35. The zero-order chi connectivity index (χ0) is 22.4. The lowest BCUT2D eigenvalue weighted by Gasteiger charge is -2.14. The van der Waals surface area contributed by atoms with Crippen LogP contribution in [0, 0.1) is 0 Å². The molecule has 31 heavy (non-hydrogen) atoms. The molecule has 3 N–H and O–H groups in total. The van der Waals surface area contributed by atoms with E-state index < -0.39 is 23.6 Å².